The van der Waals surface area contributed by atoms with Crippen LogP contribution in [0.5, 0.6) is 0 Å². The second kappa shape index (κ2) is 5.63. The van der Waals surface area contributed by atoms with Crippen LogP contribution in [0.4, 0.5) is 0 Å². The number of hydrogen-bond acceptors (Lipinski definition) is 4. The third-order valence-corrected chi connectivity index (χ3v) is 5.08. The number of rotatable bonds is 5. The van der Waals surface area contributed by atoms with E-state index in [1.807, 2.05) is 0 Å². The lowest BCUT2D eigenvalue weighted by molar-refractivity contribution is -0.119. The first kappa shape index (κ1) is 13.4. The molecule has 94 valence electrons. The summed E-state index contributed by atoms with van der Waals surface area (Å²) in [7, 11) is -3.39. The van der Waals surface area contributed by atoms with Gasteiger partial charge in [0.25, 0.3) is 0 Å². The molecule has 1 unspecified atom stereocenters. The van der Waals surface area contributed by atoms with Crippen LogP contribution in [-0.4, -0.2) is 37.9 Å². The summed E-state index contributed by atoms with van der Waals surface area (Å²) in [5.74, 6) is -0.839. The Balaban J connectivity index is 2.44. The monoisotopic (exact) mass is 248 g/mol. The molecular weight excluding hydrogens is 228 g/mol. The van der Waals surface area contributed by atoms with Crippen molar-refractivity contribution in [2.24, 2.45) is 5.73 Å². The topological polar surface area (TPSA) is 89.3 Å². The van der Waals surface area contributed by atoms with E-state index in [0.717, 1.165) is 25.7 Å². The molecule has 1 saturated carbocycles. The quantitative estimate of drug-likeness (QED) is 0.705. The van der Waals surface area contributed by atoms with Gasteiger partial charge in [-0.3, -0.25) is 4.79 Å². The molecule has 0 aromatic rings. The third kappa shape index (κ3) is 3.75. The lowest BCUT2D eigenvalue weighted by Crippen LogP contribution is -2.40. The largest absolute Gasteiger partial charge is 0.352 e. The summed E-state index contributed by atoms with van der Waals surface area (Å²) in [5.41, 5.74) is 5.29. The SMILES string of the molecule is CC(CN)S(=O)(=O)CC(=O)NC1CCCC1. The number of amides is 1. The van der Waals surface area contributed by atoms with Crippen molar-refractivity contribution in [3.05, 3.63) is 0 Å². The molecule has 1 aliphatic carbocycles. The van der Waals surface area contributed by atoms with E-state index in [1.54, 1.807) is 0 Å². The molecule has 0 heterocycles. The number of nitrogens with one attached hydrogen (secondary N) is 1. The van der Waals surface area contributed by atoms with Crippen molar-refractivity contribution >= 4 is 15.7 Å². The molecule has 1 atom stereocenters. The van der Waals surface area contributed by atoms with Gasteiger partial charge in [0.1, 0.15) is 5.75 Å². The fourth-order valence-electron chi connectivity index (χ4n) is 1.81. The van der Waals surface area contributed by atoms with Gasteiger partial charge in [-0.2, -0.15) is 0 Å². The minimum atomic E-state index is -3.39. The predicted molar refractivity (Wildman–Crippen MR) is 62.7 cm³/mol. The highest BCUT2D eigenvalue weighted by Crippen LogP contribution is 2.17. The maximum absolute atomic E-state index is 11.6. The molecule has 0 aliphatic heterocycles. The summed E-state index contributed by atoms with van der Waals surface area (Å²) < 4.78 is 23.2. The summed E-state index contributed by atoms with van der Waals surface area (Å²) in [6.45, 7) is 1.58. The number of carbonyl (C=O) groups is 1. The molecule has 16 heavy (non-hydrogen) atoms. The van der Waals surface area contributed by atoms with Crippen molar-refractivity contribution in [1.82, 2.24) is 5.32 Å². The van der Waals surface area contributed by atoms with Gasteiger partial charge in [0, 0.05) is 12.6 Å². The molecule has 1 amide bonds. The average Bonchev–Trinajstić information content (AvgIpc) is 2.67. The molecule has 6 heteroatoms. The Labute approximate surface area is 96.7 Å². The maximum Gasteiger partial charge on any atom is 0.235 e. The van der Waals surface area contributed by atoms with Crippen LogP contribution in [-0.2, 0) is 14.6 Å². The van der Waals surface area contributed by atoms with E-state index in [9.17, 15) is 13.2 Å². The van der Waals surface area contributed by atoms with E-state index < -0.39 is 26.7 Å². The van der Waals surface area contributed by atoms with Crippen LogP contribution in [0.1, 0.15) is 32.6 Å². The highest BCUT2D eigenvalue weighted by atomic mass is 32.2. The summed E-state index contributed by atoms with van der Waals surface area (Å²) in [4.78, 5) is 11.5. The van der Waals surface area contributed by atoms with Gasteiger partial charge in [-0.25, -0.2) is 8.42 Å². The van der Waals surface area contributed by atoms with Gasteiger partial charge in [-0.05, 0) is 19.8 Å². The lowest BCUT2D eigenvalue weighted by atomic mass is 10.2. The van der Waals surface area contributed by atoms with Crippen LogP contribution in [0.15, 0.2) is 0 Å². The molecule has 0 aromatic carbocycles. The van der Waals surface area contributed by atoms with E-state index in [0.29, 0.717) is 0 Å². The second-order valence-electron chi connectivity index (χ2n) is 4.40. The smallest absolute Gasteiger partial charge is 0.235 e. The predicted octanol–water partition coefficient (Wildman–Crippen LogP) is -0.193. The van der Waals surface area contributed by atoms with Crippen molar-refractivity contribution in [2.45, 2.75) is 43.9 Å². The molecule has 0 bridgehead atoms. The Morgan fingerprint density at radius 2 is 2.00 bits per heavy atom. The number of sulfone groups is 1. The molecule has 0 saturated heterocycles. The van der Waals surface area contributed by atoms with Crippen molar-refractivity contribution in [3.8, 4) is 0 Å². The molecule has 0 spiro atoms. The van der Waals surface area contributed by atoms with E-state index in [4.69, 9.17) is 5.73 Å². The summed E-state index contributed by atoms with van der Waals surface area (Å²) in [6.07, 6.45) is 4.13. The van der Waals surface area contributed by atoms with Crippen LogP contribution in [0.2, 0.25) is 0 Å². The zero-order valence-electron chi connectivity index (χ0n) is 9.61. The van der Waals surface area contributed by atoms with Gasteiger partial charge in [-0.1, -0.05) is 12.8 Å². The van der Waals surface area contributed by atoms with Gasteiger partial charge in [0.15, 0.2) is 9.84 Å². The molecule has 3 N–H and O–H groups in total. The van der Waals surface area contributed by atoms with Gasteiger partial charge >= 0.3 is 0 Å². The normalized spacial score (nSPS) is 19.6. The Morgan fingerprint density at radius 3 is 2.50 bits per heavy atom. The van der Waals surface area contributed by atoms with E-state index in [-0.39, 0.29) is 12.6 Å². The van der Waals surface area contributed by atoms with Crippen LogP contribution in [0.25, 0.3) is 0 Å². The van der Waals surface area contributed by atoms with Crippen molar-refractivity contribution in [1.29, 1.82) is 0 Å². The molecule has 1 rings (SSSR count). The molecule has 1 fully saturated rings. The molecule has 0 aromatic heterocycles. The van der Waals surface area contributed by atoms with Crippen LogP contribution in [0, 0.1) is 0 Å². The standard InChI is InChI=1S/C10H20N2O3S/c1-8(6-11)16(14,15)7-10(13)12-9-4-2-3-5-9/h8-9H,2-7,11H2,1H3,(H,12,13). The van der Waals surface area contributed by atoms with Gasteiger partial charge < -0.3 is 11.1 Å². The van der Waals surface area contributed by atoms with E-state index >= 15 is 0 Å². The minimum Gasteiger partial charge on any atom is -0.352 e. The van der Waals surface area contributed by atoms with Crippen molar-refractivity contribution in [3.63, 3.8) is 0 Å². The summed E-state index contributed by atoms with van der Waals surface area (Å²) in [5, 5.41) is 2.10. The number of carbonyl (C=O) groups excluding carboxylic acids is 1. The highest BCUT2D eigenvalue weighted by molar-refractivity contribution is 7.92. The van der Waals surface area contributed by atoms with E-state index in [2.05, 4.69) is 5.32 Å². The highest BCUT2D eigenvalue weighted by Gasteiger charge is 2.25. The maximum atomic E-state index is 11.6. The minimum absolute atomic E-state index is 0.0546. The van der Waals surface area contributed by atoms with Gasteiger partial charge in [0.2, 0.25) is 5.91 Å². The zero-order chi connectivity index (χ0) is 12.2. The fourth-order valence-corrected chi connectivity index (χ4v) is 2.84. The first-order valence-corrected chi connectivity index (χ1v) is 7.38. The molecule has 1 aliphatic rings. The number of nitrogens with two attached hydrogens (primary N) is 1. The second-order valence-corrected chi connectivity index (χ2v) is 6.82. The third-order valence-electron chi connectivity index (χ3n) is 3.00. The number of hydrogen-bond donors (Lipinski definition) is 2. The van der Waals surface area contributed by atoms with Crippen molar-refractivity contribution < 1.29 is 13.2 Å². The Kier molecular flexibility index (Phi) is 4.73. The molecular formula is C10H20N2O3S. The fraction of sp³-hybridized carbons (Fsp3) is 0.900. The average molecular weight is 248 g/mol. The first-order valence-electron chi connectivity index (χ1n) is 5.66. The zero-order valence-corrected chi connectivity index (χ0v) is 10.4. The van der Waals surface area contributed by atoms with Crippen LogP contribution in [0.3, 0.4) is 0 Å². The summed E-state index contributed by atoms with van der Waals surface area (Å²) in [6, 6.07) is 0.163. The molecule has 0 radical (unpaired) electrons. The van der Waals surface area contributed by atoms with Gasteiger partial charge in [-0.15, -0.1) is 0 Å². The lowest BCUT2D eigenvalue weighted by Gasteiger charge is -2.14. The van der Waals surface area contributed by atoms with Crippen LogP contribution < -0.4 is 11.1 Å². The van der Waals surface area contributed by atoms with Crippen molar-refractivity contribution in [2.75, 3.05) is 12.3 Å². The van der Waals surface area contributed by atoms with Crippen LogP contribution >= 0.6 is 0 Å². The summed E-state index contributed by atoms with van der Waals surface area (Å²) >= 11 is 0. The first-order chi connectivity index (χ1) is 7.45. The Bertz CT molecular complexity index is 334. The van der Waals surface area contributed by atoms with Gasteiger partial charge in [0.05, 0.1) is 5.25 Å². The Morgan fingerprint density at radius 1 is 1.44 bits per heavy atom. The van der Waals surface area contributed by atoms with E-state index in [1.165, 1.54) is 6.92 Å². The Hall–Kier alpha value is -0.620. The molecule has 5 nitrogen and oxygen atoms in total.